The van der Waals surface area contributed by atoms with Crippen LogP contribution in [-0.4, -0.2) is 25.0 Å². The van der Waals surface area contributed by atoms with Gasteiger partial charge in [-0.3, -0.25) is 9.59 Å². The summed E-state index contributed by atoms with van der Waals surface area (Å²) in [6, 6.07) is 19.0. The summed E-state index contributed by atoms with van der Waals surface area (Å²) in [7, 11) is 0. The summed E-state index contributed by atoms with van der Waals surface area (Å²) in [6.07, 6.45) is 0.748. The van der Waals surface area contributed by atoms with E-state index in [9.17, 15) is 9.59 Å². The van der Waals surface area contributed by atoms with E-state index in [1.165, 1.54) is 16.9 Å². The van der Waals surface area contributed by atoms with Crippen LogP contribution in [0.15, 0.2) is 66.0 Å². The Hall–Kier alpha value is -3.12. The average Bonchev–Trinajstić information content (AvgIpc) is 3.23. The largest absolute Gasteiger partial charge is 0.482 e. The molecule has 0 radical (unpaired) electrons. The van der Waals surface area contributed by atoms with Gasteiger partial charge in [-0.05, 0) is 41.6 Å². The van der Waals surface area contributed by atoms with Crippen LogP contribution in [0.3, 0.4) is 0 Å². The topological polar surface area (TPSA) is 58.6 Å². The molecule has 5 nitrogen and oxygen atoms in total. The third kappa shape index (κ3) is 3.85. The Kier molecular flexibility index (Phi) is 4.89. The maximum absolute atomic E-state index is 12.4. The monoisotopic (exact) mass is 378 g/mol. The summed E-state index contributed by atoms with van der Waals surface area (Å²) >= 11 is 1.38. The quantitative estimate of drug-likeness (QED) is 0.731. The van der Waals surface area contributed by atoms with Gasteiger partial charge in [0.15, 0.2) is 6.61 Å². The van der Waals surface area contributed by atoms with Gasteiger partial charge >= 0.3 is 0 Å². The van der Waals surface area contributed by atoms with Crippen LogP contribution < -0.4 is 15.0 Å². The van der Waals surface area contributed by atoms with Crippen LogP contribution >= 0.6 is 11.3 Å². The van der Waals surface area contributed by atoms with Gasteiger partial charge in [0.2, 0.25) is 0 Å². The van der Waals surface area contributed by atoms with E-state index < -0.39 is 0 Å². The third-order valence-corrected chi connectivity index (χ3v) is 5.24. The van der Waals surface area contributed by atoms with Crippen molar-refractivity contribution < 1.29 is 14.3 Å². The smallest absolute Gasteiger partial charge is 0.265 e. The van der Waals surface area contributed by atoms with Crippen LogP contribution in [0.5, 0.6) is 5.75 Å². The van der Waals surface area contributed by atoms with Crippen molar-refractivity contribution in [3.63, 3.8) is 0 Å². The number of benzene rings is 2. The number of nitrogens with zero attached hydrogens (tertiary/aromatic N) is 1. The predicted molar refractivity (Wildman–Crippen MR) is 107 cm³/mol. The van der Waals surface area contributed by atoms with Gasteiger partial charge < -0.3 is 15.0 Å². The number of thiophene rings is 1. The Bertz CT molecular complexity index is 955. The first kappa shape index (κ1) is 17.3. The Morgan fingerprint density at radius 3 is 2.74 bits per heavy atom. The Morgan fingerprint density at radius 1 is 1.11 bits per heavy atom. The number of anilines is 2. The summed E-state index contributed by atoms with van der Waals surface area (Å²) in [4.78, 5) is 27.1. The van der Waals surface area contributed by atoms with E-state index >= 15 is 0 Å². The van der Waals surface area contributed by atoms with E-state index in [1.54, 1.807) is 29.2 Å². The molecule has 3 aromatic rings. The molecule has 0 fully saturated rings. The van der Waals surface area contributed by atoms with E-state index in [4.69, 9.17) is 4.74 Å². The second kappa shape index (κ2) is 7.63. The molecule has 0 spiro atoms. The molecule has 1 aliphatic heterocycles. The Labute approximate surface area is 161 Å². The highest BCUT2D eigenvalue weighted by molar-refractivity contribution is 7.12. The molecule has 1 aromatic heterocycles. The second-order valence-corrected chi connectivity index (χ2v) is 7.13. The molecule has 4 rings (SSSR count). The van der Waals surface area contributed by atoms with Crippen LogP contribution in [-0.2, 0) is 11.2 Å². The molecule has 1 N–H and O–H groups in total. The number of carbonyl (C=O) groups excluding carboxylic acids is 2. The molecule has 0 saturated carbocycles. The number of fused-ring (bicyclic) bond motifs is 1. The standard InChI is InChI=1S/C21H18N2O3S/c24-20-14-26-18-9-8-16(22-21(25)19-7-4-12-27-19)13-17(18)23(20)11-10-15-5-2-1-3-6-15/h1-9,12-13H,10-11,14H2,(H,22,25). The fraction of sp³-hybridized carbons (Fsp3) is 0.143. The number of nitrogens with one attached hydrogen (secondary N) is 1. The number of amides is 2. The molecule has 1 aliphatic rings. The third-order valence-electron chi connectivity index (χ3n) is 4.37. The second-order valence-electron chi connectivity index (χ2n) is 6.18. The normalized spacial score (nSPS) is 13.0. The van der Waals surface area contributed by atoms with Crippen LogP contribution in [0.25, 0.3) is 0 Å². The molecule has 0 bridgehead atoms. The van der Waals surface area contributed by atoms with Crippen LogP contribution in [0.4, 0.5) is 11.4 Å². The minimum atomic E-state index is -0.163. The molecule has 2 heterocycles. The first-order valence-corrected chi connectivity index (χ1v) is 9.55. The highest BCUT2D eigenvalue weighted by Crippen LogP contribution is 2.35. The van der Waals surface area contributed by atoms with E-state index in [-0.39, 0.29) is 18.4 Å². The Morgan fingerprint density at radius 2 is 1.96 bits per heavy atom. The minimum Gasteiger partial charge on any atom is -0.482 e. The zero-order chi connectivity index (χ0) is 18.6. The van der Waals surface area contributed by atoms with Crippen LogP contribution in [0, 0.1) is 0 Å². The number of rotatable bonds is 5. The molecular formula is C21H18N2O3S. The summed E-state index contributed by atoms with van der Waals surface area (Å²) in [5, 5.41) is 4.74. The lowest BCUT2D eigenvalue weighted by molar-refractivity contribution is -0.121. The van der Waals surface area contributed by atoms with Crippen molar-refractivity contribution in [1.29, 1.82) is 0 Å². The molecule has 0 atom stereocenters. The summed E-state index contributed by atoms with van der Waals surface area (Å²) in [6.45, 7) is 0.588. The molecule has 2 amide bonds. The molecule has 136 valence electrons. The van der Waals surface area contributed by atoms with Gasteiger partial charge in [-0.15, -0.1) is 11.3 Å². The summed E-state index contributed by atoms with van der Waals surface area (Å²) in [5.74, 6) is 0.404. The molecular weight excluding hydrogens is 360 g/mol. The van der Waals surface area contributed by atoms with E-state index in [2.05, 4.69) is 5.32 Å². The van der Waals surface area contributed by atoms with Crippen molar-refractivity contribution in [1.82, 2.24) is 0 Å². The van der Waals surface area contributed by atoms with Crippen molar-refractivity contribution in [3.8, 4) is 5.75 Å². The lowest BCUT2D eigenvalue weighted by atomic mass is 10.1. The van der Waals surface area contributed by atoms with Crippen LogP contribution in [0.1, 0.15) is 15.2 Å². The van der Waals surface area contributed by atoms with Gasteiger partial charge in [-0.25, -0.2) is 0 Å². The van der Waals surface area contributed by atoms with Gasteiger partial charge in [0, 0.05) is 12.2 Å². The maximum Gasteiger partial charge on any atom is 0.265 e. The fourth-order valence-corrected chi connectivity index (χ4v) is 3.63. The van der Waals surface area contributed by atoms with Gasteiger partial charge in [-0.2, -0.15) is 0 Å². The van der Waals surface area contributed by atoms with Crippen molar-refractivity contribution >= 4 is 34.5 Å². The van der Waals surface area contributed by atoms with E-state index in [1.807, 2.05) is 41.8 Å². The SMILES string of the molecule is O=C(Nc1ccc2c(c1)N(CCc1ccccc1)C(=O)CO2)c1cccs1. The Balaban J connectivity index is 1.54. The summed E-state index contributed by atoms with van der Waals surface area (Å²) < 4.78 is 5.55. The first-order chi connectivity index (χ1) is 13.2. The van der Waals surface area contributed by atoms with Gasteiger partial charge in [0.1, 0.15) is 5.75 Å². The number of hydrogen-bond acceptors (Lipinski definition) is 4. The molecule has 27 heavy (non-hydrogen) atoms. The first-order valence-electron chi connectivity index (χ1n) is 8.67. The van der Waals surface area contributed by atoms with Crippen molar-refractivity contribution in [2.45, 2.75) is 6.42 Å². The van der Waals surface area contributed by atoms with Gasteiger partial charge in [-0.1, -0.05) is 36.4 Å². The van der Waals surface area contributed by atoms with Gasteiger partial charge in [0.05, 0.1) is 10.6 Å². The fourth-order valence-electron chi connectivity index (χ4n) is 3.01. The minimum absolute atomic E-state index is 0.0304. The molecule has 0 unspecified atom stereocenters. The molecule has 0 saturated heterocycles. The molecule has 0 aliphatic carbocycles. The van der Waals surface area contributed by atoms with Crippen molar-refractivity contribution in [3.05, 3.63) is 76.5 Å². The predicted octanol–water partition coefficient (Wildman–Crippen LogP) is 3.97. The van der Waals surface area contributed by atoms with Crippen LogP contribution in [0.2, 0.25) is 0 Å². The maximum atomic E-state index is 12.4. The number of hydrogen-bond donors (Lipinski definition) is 1. The summed E-state index contributed by atoms with van der Waals surface area (Å²) in [5.41, 5.74) is 2.49. The van der Waals surface area contributed by atoms with E-state index in [0.29, 0.717) is 28.5 Å². The van der Waals surface area contributed by atoms with Crippen molar-refractivity contribution in [2.75, 3.05) is 23.4 Å². The highest BCUT2D eigenvalue weighted by atomic mass is 32.1. The molecule has 6 heteroatoms. The van der Waals surface area contributed by atoms with Gasteiger partial charge in [0.25, 0.3) is 11.8 Å². The number of carbonyl (C=O) groups is 2. The van der Waals surface area contributed by atoms with Crippen molar-refractivity contribution in [2.24, 2.45) is 0 Å². The highest BCUT2D eigenvalue weighted by Gasteiger charge is 2.25. The lowest BCUT2D eigenvalue weighted by Gasteiger charge is -2.30. The van der Waals surface area contributed by atoms with E-state index in [0.717, 1.165) is 6.42 Å². The lowest BCUT2D eigenvalue weighted by Crippen LogP contribution is -2.40. The zero-order valence-electron chi connectivity index (χ0n) is 14.6. The molecule has 2 aromatic carbocycles. The number of ether oxygens (including phenoxy) is 1. The zero-order valence-corrected chi connectivity index (χ0v) is 15.4. The average molecular weight is 378 g/mol.